The van der Waals surface area contributed by atoms with Crippen LogP contribution in [0.5, 0.6) is 5.75 Å². The summed E-state index contributed by atoms with van der Waals surface area (Å²) in [5, 5.41) is 9.33. The second-order valence-corrected chi connectivity index (χ2v) is 9.42. The van der Waals surface area contributed by atoms with Gasteiger partial charge in [0, 0.05) is 18.5 Å². The first kappa shape index (κ1) is 20.4. The Morgan fingerprint density at radius 2 is 2.03 bits per heavy atom. The predicted octanol–water partition coefficient (Wildman–Crippen LogP) is 3.23. The Morgan fingerprint density at radius 3 is 2.80 bits per heavy atom. The first-order valence-electron chi connectivity index (χ1n) is 9.44. The number of thiophene rings is 1. The summed E-state index contributed by atoms with van der Waals surface area (Å²) >= 11 is 1.02. The Bertz CT molecular complexity index is 1150. The highest BCUT2D eigenvalue weighted by molar-refractivity contribution is 7.94. The largest absolute Gasteiger partial charge is 0.492 e. The van der Waals surface area contributed by atoms with E-state index in [0.29, 0.717) is 36.7 Å². The Kier molecular flexibility index (Phi) is 5.73. The minimum Gasteiger partial charge on any atom is -0.492 e. The highest BCUT2D eigenvalue weighted by Gasteiger charge is 2.26. The van der Waals surface area contributed by atoms with Crippen molar-refractivity contribution in [2.24, 2.45) is 0 Å². The van der Waals surface area contributed by atoms with Gasteiger partial charge in [-0.25, -0.2) is 8.42 Å². The standard InChI is InChI=1S/C19H20N4O5S2/c1-2-27-15-8-4-3-7-14(15)22-30(25,26)16-11-13(12-29-16)17-20-21-18(28-17)19(24)23-9-5-6-10-23/h3-4,7-8,11-12,22H,2,5-6,9-10H2,1H3. The second kappa shape index (κ2) is 8.44. The average Bonchev–Trinajstić information content (AvgIpc) is 3.49. The molecule has 1 aliphatic rings. The summed E-state index contributed by atoms with van der Waals surface area (Å²) in [6.07, 6.45) is 1.91. The van der Waals surface area contributed by atoms with Crippen LogP contribution in [0.15, 0.2) is 44.3 Å². The lowest BCUT2D eigenvalue weighted by atomic mass is 10.3. The maximum absolute atomic E-state index is 12.8. The number of anilines is 1. The second-order valence-electron chi connectivity index (χ2n) is 6.60. The SMILES string of the molecule is CCOc1ccccc1NS(=O)(=O)c1cc(-c2nnc(C(=O)N3CCCC3)o2)cs1. The van der Waals surface area contributed by atoms with Crippen molar-refractivity contribution in [2.75, 3.05) is 24.4 Å². The molecule has 1 aromatic carbocycles. The van der Waals surface area contributed by atoms with Crippen LogP contribution in [0, 0.1) is 0 Å². The predicted molar refractivity (Wildman–Crippen MR) is 111 cm³/mol. The number of benzene rings is 1. The highest BCUT2D eigenvalue weighted by atomic mass is 32.2. The normalized spacial score (nSPS) is 14.1. The van der Waals surface area contributed by atoms with Gasteiger partial charge in [0.25, 0.3) is 10.0 Å². The van der Waals surface area contributed by atoms with Crippen LogP contribution in [-0.4, -0.2) is 49.1 Å². The Morgan fingerprint density at radius 1 is 1.27 bits per heavy atom. The van der Waals surface area contributed by atoms with Gasteiger partial charge in [-0.15, -0.1) is 21.5 Å². The van der Waals surface area contributed by atoms with Crippen LogP contribution in [0.3, 0.4) is 0 Å². The van der Waals surface area contributed by atoms with E-state index < -0.39 is 10.0 Å². The van der Waals surface area contributed by atoms with E-state index in [0.717, 1.165) is 24.2 Å². The molecule has 0 spiro atoms. The molecule has 11 heteroatoms. The van der Waals surface area contributed by atoms with Crippen molar-refractivity contribution < 1.29 is 22.4 Å². The maximum Gasteiger partial charge on any atom is 0.311 e. The summed E-state index contributed by atoms with van der Waals surface area (Å²) in [5.41, 5.74) is 0.789. The number of nitrogens with zero attached hydrogens (tertiary/aromatic N) is 3. The summed E-state index contributed by atoms with van der Waals surface area (Å²) in [4.78, 5) is 14.0. The smallest absolute Gasteiger partial charge is 0.311 e. The van der Waals surface area contributed by atoms with Crippen molar-refractivity contribution in [1.29, 1.82) is 0 Å². The number of carbonyl (C=O) groups excluding carboxylic acids is 1. The van der Waals surface area contributed by atoms with E-state index in [-0.39, 0.29) is 21.9 Å². The minimum atomic E-state index is -3.84. The third kappa shape index (κ3) is 4.17. The van der Waals surface area contributed by atoms with Gasteiger partial charge >= 0.3 is 11.8 Å². The van der Waals surface area contributed by atoms with Crippen molar-refractivity contribution >= 4 is 33.0 Å². The molecule has 1 fully saturated rings. The Hall–Kier alpha value is -2.92. The monoisotopic (exact) mass is 448 g/mol. The number of carbonyl (C=O) groups is 1. The number of rotatable bonds is 7. The molecule has 158 valence electrons. The summed E-state index contributed by atoms with van der Waals surface area (Å²) in [5.74, 6) is 0.155. The maximum atomic E-state index is 12.8. The highest BCUT2D eigenvalue weighted by Crippen LogP contribution is 2.31. The molecule has 0 aliphatic carbocycles. The molecule has 1 amide bonds. The van der Waals surface area contributed by atoms with Crippen molar-refractivity contribution in [2.45, 2.75) is 24.0 Å². The molecular weight excluding hydrogens is 428 g/mol. The number of ether oxygens (including phenoxy) is 1. The molecule has 3 aromatic rings. The third-order valence-corrected chi connectivity index (χ3v) is 7.32. The van der Waals surface area contributed by atoms with Crippen molar-refractivity contribution in [3.63, 3.8) is 0 Å². The van der Waals surface area contributed by atoms with E-state index in [4.69, 9.17) is 9.15 Å². The fourth-order valence-electron chi connectivity index (χ4n) is 3.08. The molecule has 0 saturated carbocycles. The third-order valence-electron chi connectivity index (χ3n) is 4.52. The number of para-hydroxylation sites is 2. The molecule has 0 atom stereocenters. The molecule has 30 heavy (non-hydrogen) atoms. The topological polar surface area (TPSA) is 115 Å². The number of hydrogen-bond acceptors (Lipinski definition) is 8. The number of aromatic nitrogens is 2. The van der Waals surface area contributed by atoms with Crippen LogP contribution in [0.25, 0.3) is 11.5 Å². The summed E-state index contributed by atoms with van der Waals surface area (Å²) in [6, 6.07) is 8.25. The molecule has 3 heterocycles. The first-order valence-corrected chi connectivity index (χ1v) is 11.8. The Labute approximate surface area is 177 Å². The first-order chi connectivity index (χ1) is 14.5. The lowest BCUT2D eigenvalue weighted by molar-refractivity contribution is 0.0754. The van der Waals surface area contributed by atoms with Crippen LogP contribution in [0.2, 0.25) is 0 Å². The number of likely N-dealkylation sites (tertiary alicyclic amines) is 1. The van der Waals surface area contributed by atoms with Crippen LogP contribution in [0.4, 0.5) is 5.69 Å². The van der Waals surface area contributed by atoms with Gasteiger partial charge < -0.3 is 14.1 Å². The molecule has 1 N–H and O–H groups in total. The number of sulfonamides is 1. The average molecular weight is 449 g/mol. The van der Waals surface area contributed by atoms with Crippen molar-refractivity contribution in [3.8, 4) is 17.2 Å². The molecule has 0 unspecified atom stereocenters. The van der Waals surface area contributed by atoms with E-state index in [1.807, 2.05) is 6.92 Å². The van der Waals surface area contributed by atoms with E-state index in [1.54, 1.807) is 34.5 Å². The van der Waals surface area contributed by atoms with Crippen LogP contribution < -0.4 is 9.46 Å². The van der Waals surface area contributed by atoms with Gasteiger partial charge in [-0.1, -0.05) is 12.1 Å². The van der Waals surface area contributed by atoms with Gasteiger partial charge in [-0.2, -0.15) is 0 Å². The molecule has 2 aromatic heterocycles. The zero-order chi connectivity index (χ0) is 21.1. The lowest BCUT2D eigenvalue weighted by Crippen LogP contribution is -2.27. The van der Waals surface area contributed by atoms with E-state index in [1.165, 1.54) is 6.07 Å². The van der Waals surface area contributed by atoms with Gasteiger partial charge in [0.15, 0.2) is 0 Å². The Balaban J connectivity index is 1.53. The molecular formula is C19H20N4O5S2. The van der Waals surface area contributed by atoms with E-state index >= 15 is 0 Å². The van der Waals surface area contributed by atoms with E-state index in [2.05, 4.69) is 14.9 Å². The zero-order valence-corrected chi connectivity index (χ0v) is 17.8. The van der Waals surface area contributed by atoms with Gasteiger partial charge in [-0.05, 0) is 38.0 Å². The van der Waals surface area contributed by atoms with Crippen molar-refractivity contribution in [3.05, 3.63) is 41.6 Å². The lowest BCUT2D eigenvalue weighted by Gasteiger charge is -2.11. The minimum absolute atomic E-state index is 0.0782. The molecule has 0 radical (unpaired) electrons. The number of hydrogen-bond donors (Lipinski definition) is 1. The quantitative estimate of drug-likeness (QED) is 0.590. The van der Waals surface area contributed by atoms with Gasteiger partial charge in [0.1, 0.15) is 9.96 Å². The fraction of sp³-hybridized carbons (Fsp3) is 0.316. The molecule has 0 bridgehead atoms. The van der Waals surface area contributed by atoms with Crippen LogP contribution in [-0.2, 0) is 10.0 Å². The van der Waals surface area contributed by atoms with Crippen LogP contribution in [0.1, 0.15) is 30.5 Å². The van der Waals surface area contributed by atoms with E-state index in [9.17, 15) is 13.2 Å². The van der Waals surface area contributed by atoms with Gasteiger partial charge in [0.05, 0.1) is 17.9 Å². The van der Waals surface area contributed by atoms with Crippen molar-refractivity contribution in [1.82, 2.24) is 15.1 Å². The molecule has 1 aliphatic heterocycles. The summed E-state index contributed by atoms with van der Waals surface area (Å²) in [6.45, 7) is 3.58. The van der Waals surface area contributed by atoms with Gasteiger partial charge in [-0.3, -0.25) is 9.52 Å². The molecule has 9 nitrogen and oxygen atoms in total. The number of nitrogens with one attached hydrogen (secondary N) is 1. The fourth-order valence-corrected chi connectivity index (χ4v) is 5.30. The molecule has 1 saturated heterocycles. The summed E-state index contributed by atoms with van der Waals surface area (Å²) in [7, 11) is -3.84. The number of amides is 1. The van der Waals surface area contributed by atoms with Crippen LogP contribution >= 0.6 is 11.3 Å². The summed E-state index contributed by atoms with van der Waals surface area (Å²) < 4.78 is 39.2. The van der Waals surface area contributed by atoms with Gasteiger partial charge in [0.2, 0.25) is 5.89 Å². The zero-order valence-electron chi connectivity index (χ0n) is 16.2. The molecule has 4 rings (SSSR count).